The molecule has 0 spiro atoms. The molecule has 1 atom stereocenters. The van der Waals surface area contributed by atoms with Crippen molar-refractivity contribution in [1.82, 2.24) is 9.80 Å². The zero-order valence-electron chi connectivity index (χ0n) is 25.4. The molecular weight excluding hydrogens is 520 g/mol. The van der Waals surface area contributed by atoms with E-state index in [-0.39, 0.29) is 11.3 Å². The molecule has 224 valence electrons. The number of Topliss-reactive ketones (excluding diaryl/α,β-unsaturated/α-hetero) is 1. The third-order valence-electron chi connectivity index (χ3n) is 7.44. The molecule has 41 heavy (non-hydrogen) atoms. The first kappa shape index (κ1) is 32.0. The number of ketones is 1. The van der Waals surface area contributed by atoms with Gasteiger partial charge in [0.1, 0.15) is 11.5 Å². The van der Waals surface area contributed by atoms with Crippen LogP contribution in [-0.2, 0) is 9.59 Å². The molecule has 0 radical (unpaired) electrons. The molecule has 1 heterocycles. The number of hydrogen-bond donors (Lipinski definition) is 1. The third-order valence-corrected chi connectivity index (χ3v) is 7.44. The molecule has 1 aliphatic heterocycles. The number of carbonyl (C=O) groups excluding carboxylic acids is 2. The number of amides is 1. The lowest BCUT2D eigenvalue weighted by molar-refractivity contribution is -0.140. The minimum Gasteiger partial charge on any atom is -0.507 e. The number of rotatable bonds is 16. The smallest absolute Gasteiger partial charge is 0.295 e. The normalized spacial score (nSPS) is 16.6. The highest BCUT2D eigenvalue weighted by Gasteiger charge is 2.46. The minimum atomic E-state index is -0.773. The van der Waals surface area contributed by atoms with Crippen molar-refractivity contribution in [1.29, 1.82) is 0 Å². The molecule has 8 heteroatoms. The molecule has 0 aromatic heterocycles. The molecule has 0 aliphatic carbocycles. The van der Waals surface area contributed by atoms with Crippen molar-refractivity contribution in [2.45, 2.75) is 59.9 Å². The summed E-state index contributed by atoms with van der Waals surface area (Å²) in [6.07, 6.45) is 2.88. The van der Waals surface area contributed by atoms with Gasteiger partial charge in [-0.15, -0.1) is 0 Å². The fourth-order valence-electron chi connectivity index (χ4n) is 4.82. The van der Waals surface area contributed by atoms with Crippen LogP contribution < -0.4 is 14.2 Å². The lowest BCUT2D eigenvalue weighted by atomic mass is 9.95. The van der Waals surface area contributed by atoms with E-state index < -0.39 is 17.7 Å². The summed E-state index contributed by atoms with van der Waals surface area (Å²) in [5, 5.41) is 11.5. The highest BCUT2D eigenvalue weighted by Crippen LogP contribution is 2.42. The van der Waals surface area contributed by atoms with E-state index in [1.165, 1.54) is 0 Å². The number of nitrogens with zero attached hydrogens (tertiary/aromatic N) is 2. The number of ether oxygens (including phenoxy) is 3. The van der Waals surface area contributed by atoms with Crippen LogP contribution in [0.5, 0.6) is 17.2 Å². The van der Waals surface area contributed by atoms with E-state index in [1.54, 1.807) is 48.4 Å². The molecule has 1 saturated heterocycles. The number of unbranched alkanes of at least 4 members (excludes halogenated alkanes) is 1. The van der Waals surface area contributed by atoms with E-state index in [0.29, 0.717) is 60.6 Å². The Morgan fingerprint density at radius 3 is 2.29 bits per heavy atom. The molecule has 2 aromatic carbocycles. The SMILES string of the molecule is CCCCOc1ccc(C(O)=C2C(=O)C(=O)N(CCN(CC)CC)C2c2ccc(OCCC(C)C)c(OC)c2)cc1. The summed E-state index contributed by atoms with van der Waals surface area (Å²) in [4.78, 5) is 30.6. The van der Waals surface area contributed by atoms with E-state index in [1.807, 2.05) is 6.07 Å². The van der Waals surface area contributed by atoms with E-state index in [0.717, 1.165) is 32.4 Å². The van der Waals surface area contributed by atoms with Crippen molar-refractivity contribution in [3.63, 3.8) is 0 Å². The topological polar surface area (TPSA) is 88.5 Å². The molecule has 3 rings (SSSR count). The molecule has 1 amide bonds. The summed E-state index contributed by atoms with van der Waals surface area (Å²) in [6, 6.07) is 11.6. The zero-order valence-corrected chi connectivity index (χ0v) is 25.4. The Labute approximate surface area is 244 Å². The first-order valence-electron chi connectivity index (χ1n) is 14.8. The number of hydrogen-bond acceptors (Lipinski definition) is 7. The predicted octanol–water partition coefficient (Wildman–Crippen LogP) is 6.06. The molecule has 1 aliphatic rings. The first-order valence-corrected chi connectivity index (χ1v) is 14.8. The summed E-state index contributed by atoms with van der Waals surface area (Å²) in [5.74, 6) is 0.748. The number of aliphatic hydroxyl groups excluding tert-OH is 1. The van der Waals surface area contributed by atoms with Gasteiger partial charge in [0, 0.05) is 18.7 Å². The number of carbonyl (C=O) groups is 2. The van der Waals surface area contributed by atoms with Crippen LogP contribution in [0, 0.1) is 5.92 Å². The van der Waals surface area contributed by atoms with Crippen LogP contribution in [0.2, 0.25) is 0 Å². The maximum absolute atomic E-state index is 13.5. The Hall–Kier alpha value is -3.52. The van der Waals surface area contributed by atoms with Crippen molar-refractivity contribution in [3.8, 4) is 17.2 Å². The second-order valence-electron chi connectivity index (χ2n) is 10.7. The van der Waals surface area contributed by atoms with Gasteiger partial charge in [-0.25, -0.2) is 0 Å². The highest BCUT2D eigenvalue weighted by atomic mass is 16.5. The largest absolute Gasteiger partial charge is 0.507 e. The Morgan fingerprint density at radius 2 is 1.68 bits per heavy atom. The van der Waals surface area contributed by atoms with Gasteiger partial charge < -0.3 is 29.1 Å². The van der Waals surface area contributed by atoms with Gasteiger partial charge in [-0.2, -0.15) is 0 Å². The van der Waals surface area contributed by atoms with Crippen LogP contribution in [0.1, 0.15) is 71.0 Å². The van der Waals surface area contributed by atoms with Crippen molar-refractivity contribution in [2.24, 2.45) is 5.92 Å². The lowest BCUT2D eigenvalue weighted by Gasteiger charge is -2.28. The Bertz CT molecular complexity index is 1190. The molecule has 1 N–H and O–H groups in total. The molecule has 0 bridgehead atoms. The van der Waals surface area contributed by atoms with Crippen LogP contribution >= 0.6 is 0 Å². The van der Waals surface area contributed by atoms with Crippen molar-refractivity contribution in [2.75, 3.05) is 46.5 Å². The number of aliphatic hydroxyl groups is 1. The van der Waals surface area contributed by atoms with Crippen molar-refractivity contribution >= 4 is 17.4 Å². The van der Waals surface area contributed by atoms with Gasteiger partial charge >= 0.3 is 0 Å². The monoisotopic (exact) mass is 566 g/mol. The molecular formula is C33H46N2O6. The van der Waals surface area contributed by atoms with Gasteiger partial charge in [-0.05, 0) is 73.8 Å². The van der Waals surface area contributed by atoms with Gasteiger partial charge in [0.25, 0.3) is 11.7 Å². The standard InChI is InChI=1S/C33H46N2O6/c1-7-10-20-40-26-14-11-24(12-15-26)31(36)29-30(35(33(38)32(29)37)19-18-34(8-2)9-3)25-13-16-27(28(22-25)39-6)41-21-17-23(4)5/h11-16,22-23,30,36H,7-10,17-21H2,1-6H3. The minimum absolute atomic E-state index is 0.0599. The van der Waals surface area contributed by atoms with Crippen molar-refractivity contribution in [3.05, 3.63) is 59.2 Å². The fraction of sp³-hybridized carbons (Fsp3) is 0.515. The van der Waals surface area contributed by atoms with Gasteiger partial charge in [0.05, 0.1) is 31.9 Å². The zero-order chi connectivity index (χ0) is 29.9. The average Bonchev–Trinajstić information content (AvgIpc) is 3.23. The summed E-state index contributed by atoms with van der Waals surface area (Å²) >= 11 is 0. The predicted molar refractivity (Wildman–Crippen MR) is 162 cm³/mol. The van der Waals surface area contributed by atoms with Crippen LogP contribution in [-0.4, -0.2) is 73.1 Å². The van der Waals surface area contributed by atoms with E-state index in [9.17, 15) is 14.7 Å². The van der Waals surface area contributed by atoms with E-state index >= 15 is 0 Å². The fourth-order valence-corrected chi connectivity index (χ4v) is 4.82. The Balaban J connectivity index is 2.03. The van der Waals surface area contributed by atoms with Crippen molar-refractivity contribution < 1.29 is 28.9 Å². The maximum Gasteiger partial charge on any atom is 0.295 e. The van der Waals surface area contributed by atoms with Crippen LogP contribution in [0.3, 0.4) is 0 Å². The number of methoxy groups -OCH3 is 1. The second-order valence-corrected chi connectivity index (χ2v) is 10.7. The van der Waals surface area contributed by atoms with Crippen LogP contribution in [0.4, 0.5) is 0 Å². The van der Waals surface area contributed by atoms with E-state index in [2.05, 4.69) is 39.5 Å². The molecule has 8 nitrogen and oxygen atoms in total. The molecule has 2 aromatic rings. The van der Waals surface area contributed by atoms with Gasteiger partial charge in [0.2, 0.25) is 0 Å². The molecule has 1 fully saturated rings. The van der Waals surface area contributed by atoms with Gasteiger partial charge in [-0.1, -0.05) is 47.1 Å². The lowest BCUT2D eigenvalue weighted by Crippen LogP contribution is -2.38. The first-order chi connectivity index (χ1) is 19.7. The maximum atomic E-state index is 13.5. The Kier molecular flexibility index (Phi) is 12.1. The summed E-state index contributed by atoms with van der Waals surface area (Å²) in [6.45, 7) is 14.3. The Morgan fingerprint density at radius 1 is 0.976 bits per heavy atom. The average molecular weight is 567 g/mol. The van der Waals surface area contributed by atoms with Gasteiger partial charge in [-0.3, -0.25) is 9.59 Å². The molecule has 1 unspecified atom stereocenters. The summed E-state index contributed by atoms with van der Waals surface area (Å²) < 4.78 is 17.4. The van der Waals surface area contributed by atoms with Crippen LogP contribution in [0.25, 0.3) is 5.76 Å². The quantitative estimate of drug-likeness (QED) is 0.114. The van der Waals surface area contributed by atoms with E-state index in [4.69, 9.17) is 14.2 Å². The summed E-state index contributed by atoms with van der Waals surface area (Å²) in [5.41, 5.74) is 1.17. The number of benzene rings is 2. The van der Waals surface area contributed by atoms with Crippen LogP contribution in [0.15, 0.2) is 48.0 Å². The number of likely N-dealkylation sites (N-methyl/N-ethyl adjacent to an activating group) is 1. The summed E-state index contributed by atoms with van der Waals surface area (Å²) in [7, 11) is 1.57. The number of likely N-dealkylation sites (tertiary alicyclic amines) is 1. The van der Waals surface area contributed by atoms with Gasteiger partial charge in [0.15, 0.2) is 11.5 Å². The highest BCUT2D eigenvalue weighted by molar-refractivity contribution is 6.46. The second kappa shape index (κ2) is 15.5. The third kappa shape index (κ3) is 8.03. The molecule has 0 saturated carbocycles.